The van der Waals surface area contributed by atoms with Crippen molar-refractivity contribution in [1.29, 1.82) is 0 Å². The number of β-amino-alcohol motifs (C(OH)–C–C–N with tert-alkyl or cyclic N) is 1. The SMILES string of the molecule is CS(=O)(=O)c1ccc(N2CCC[C@H](O)C2)c2c1[C@H](O)C(F)(F)[C@@H]2F. The largest absolute Gasteiger partial charge is 0.391 e. The lowest BCUT2D eigenvalue weighted by atomic mass is 10.0. The highest BCUT2D eigenvalue weighted by Crippen LogP contribution is 2.57. The Kier molecular flexibility index (Phi) is 4.09. The van der Waals surface area contributed by atoms with Gasteiger partial charge in [0.1, 0.15) is 6.10 Å². The minimum atomic E-state index is -4.10. The zero-order valence-electron chi connectivity index (χ0n) is 12.9. The Morgan fingerprint density at radius 2 is 1.92 bits per heavy atom. The van der Waals surface area contributed by atoms with Crippen molar-refractivity contribution in [3.63, 3.8) is 0 Å². The molecule has 1 aliphatic heterocycles. The molecule has 24 heavy (non-hydrogen) atoms. The van der Waals surface area contributed by atoms with Gasteiger partial charge in [0.2, 0.25) is 0 Å². The number of anilines is 1. The lowest BCUT2D eigenvalue weighted by Crippen LogP contribution is -2.39. The number of alkyl halides is 3. The van der Waals surface area contributed by atoms with Crippen molar-refractivity contribution >= 4 is 15.5 Å². The van der Waals surface area contributed by atoms with Crippen LogP contribution in [0.5, 0.6) is 0 Å². The maximum atomic E-state index is 14.4. The summed E-state index contributed by atoms with van der Waals surface area (Å²) in [6, 6.07) is 2.38. The minimum absolute atomic E-state index is 0.0971. The summed E-state index contributed by atoms with van der Waals surface area (Å²) in [5, 5.41) is 19.6. The predicted octanol–water partition coefficient (Wildman–Crippen LogP) is 1.74. The van der Waals surface area contributed by atoms with Crippen LogP contribution in [0.3, 0.4) is 0 Å². The van der Waals surface area contributed by atoms with Gasteiger partial charge in [0.05, 0.1) is 11.0 Å². The number of rotatable bonds is 2. The number of hydrogen-bond acceptors (Lipinski definition) is 5. The molecule has 0 aromatic heterocycles. The Balaban J connectivity index is 2.22. The van der Waals surface area contributed by atoms with Crippen LogP contribution in [0, 0.1) is 0 Å². The number of fused-ring (bicyclic) bond motifs is 1. The van der Waals surface area contributed by atoms with Gasteiger partial charge >= 0.3 is 5.92 Å². The number of aliphatic hydroxyl groups is 2. The van der Waals surface area contributed by atoms with E-state index < -0.39 is 50.2 Å². The molecule has 3 rings (SSSR count). The normalized spacial score (nSPS) is 29.6. The molecule has 1 aromatic rings. The predicted molar refractivity (Wildman–Crippen MR) is 80.8 cm³/mol. The second-order valence-electron chi connectivity index (χ2n) is 6.36. The first-order valence-electron chi connectivity index (χ1n) is 7.55. The van der Waals surface area contributed by atoms with E-state index in [0.29, 0.717) is 19.4 Å². The third-order valence-corrected chi connectivity index (χ3v) is 5.75. The van der Waals surface area contributed by atoms with Crippen LogP contribution in [0.25, 0.3) is 0 Å². The van der Waals surface area contributed by atoms with E-state index in [4.69, 9.17) is 0 Å². The minimum Gasteiger partial charge on any atom is -0.391 e. The average molecular weight is 365 g/mol. The van der Waals surface area contributed by atoms with E-state index in [1.807, 2.05) is 0 Å². The van der Waals surface area contributed by atoms with Gasteiger partial charge in [-0.3, -0.25) is 0 Å². The van der Waals surface area contributed by atoms with Crippen LogP contribution in [0.4, 0.5) is 18.9 Å². The topological polar surface area (TPSA) is 77.8 Å². The van der Waals surface area contributed by atoms with Crippen LogP contribution < -0.4 is 4.90 Å². The second-order valence-corrected chi connectivity index (χ2v) is 8.35. The lowest BCUT2D eigenvalue weighted by molar-refractivity contribution is -0.143. The second kappa shape index (κ2) is 5.60. The number of halogens is 3. The fraction of sp³-hybridized carbons (Fsp3) is 0.600. The summed E-state index contributed by atoms with van der Waals surface area (Å²) in [6.45, 7) is 0.565. The van der Waals surface area contributed by atoms with Crippen molar-refractivity contribution in [2.24, 2.45) is 0 Å². The Morgan fingerprint density at radius 1 is 1.25 bits per heavy atom. The van der Waals surface area contributed by atoms with E-state index in [9.17, 15) is 31.8 Å². The summed E-state index contributed by atoms with van der Waals surface area (Å²) in [5.41, 5.74) is -0.975. The molecule has 3 atom stereocenters. The number of nitrogens with zero attached hydrogens (tertiary/aromatic N) is 1. The van der Waals surface area contributed by atoms with E-state index >= 15 is 0 Å². The van der Waals surface area contributed by atoms with Gasteiger partial charge in [-0.25, -0.2) is 12.8 Å². The van der Waals surface area contributed by atoms with Gasteiger partial charge in [-0.2, -0.15) is 8.78 Å². The van der Waals surface area contributed by atoms with Crippen LogP contribution in [0.2, 0.25) is 0 Å². The number of piperidine rings is 1. The average Bonchev–Trinajstić information content (AvgIpc) is 2.67. The fourth-order valence-electron chi connectivity index (χ4n) is 3.45. The summed E-state index contributed by atoms with van der Waals surface area (Å²) < 4.78 is 66.2. The number of aliphatic hydroxyl groups excluding tert-OH is 2. The van der Waals surface area contributed by atoms with Crippen molar-refractivity contribution < 1.29 is 31.8 Å². The molecule has 0 spiro atoms. The van der Waals surface area contributed by atoms with E-state index in [-0.39, 0.29) is 12.2 Å². The molecule has 1 fully saturated rings. The molecule has 1 saturated heterocycles. The Hall–Kier alpha value is -1.32. The van der Waals surface area contributed by atoms with Gasteiger partial charge in [0.15, 0.2) is 16.0 Å². The lowest BCUT2D eigenvalue weighted by Gasteiger charge is -2.33. The highest BCUT2D eigenvalue weighted by molar-refractivity contribution is 7.90. The van der Waals surface area contributed by atoms with Crippen LogP contribution in [0.1, 0.15) is 36.2 Å². The third kappa shape index (κ3) is 2.58. The first-order chi connectivity index (χ1) is 11.0. The summed E-state index contributed by atoms with van der Waals surface area (Å²) >= 11 is 0. The zero-order valence-corrected chi connectivity index (χ0v) is 13.7. The van der Waals surface area contributed by atoms with Gasteiger partial charge < -0.3 is 15.1 Å². The molecule has 0 saturated carbocycles. The van der Waals surface area contributed by atoms with Crippen molar-refractivity contribution in [2.75, 3.05) is 24.2 Å². The molecule has 5 nitrogen and oxygen atoms in total. The fourth-order valence-corrected chi connectivity index (χ4v) is 4.39. The molecule has 0 radical (unpaired) electrons. The molecule has 0 amide bonds. The molecule has 1 aliphatic carbocycles. The number of benzene rings is 1. The maximum absolute atomic E-state index is 14.4. The summed E-state index contributed by atoms with van der Waals surface area (Å²) in [7, 11) is -3.92. The van der Waals surface area contributed by atoms with E-state index in [1.54, 1.807) is 4.90 Å². The molecule has 9 heteroatoms. The van der Waals surface area contributed by atoms with Crippen molar-refractivity contribution in [3.8, 4) is 0 Å². The molecule has 2 N–H and O–H groups in total. The molecule has 2 aliphatic rings. The quantitative estimate of drug-likeness (QED) is 0.835. The molecule has 0 unspecified atom stereocenters. The van der Waals surface area contributed by atoms with Gasteiger partial charge in [-0.15, -0.1) is 0 Å². The van der Waals surface area contributed by atoms with Crippen LogP contribution >= 0.6 is 0 Å². The maximum Gasteiger partial charge on any atom is 0.312 e. The monoisotopic (exact) mass is 365 g/mol. The summed E-state index contributed by atoms with van der Waals surface area (Å²) in [5.74, 6) is -4.10. The first-order valence-corrected chi connectivity index (χ1v) is 9.44. The molecule has 1 aromatic carbocycles. The first kappa shape index (κ1) is 17.5. The number of sulfone groups is 1. The third-order valence-electron chi connectivity index (χ3n) is 4.59. The van der Waals surface area contributed by atoms with Crippen LogP contribution in [0.15, 0.2) is 17.0 Å². The van der Waals surface area contributed by atoms with Crippen LogP contribution in [-0.2, 0) is 9.84 Å². The van der Waals surface area contributed by atoms with Crippen molar-refractivity contribution in [2.45, 2.75) is 42.0 Å². The molecule has 134 valence electrons. The van der Waals surface area contributed by atoms with Crippen molar-refractivity contribution in [3.05, 3.63) is 23.3 Å². The van der Waals surface area contributed by atoms with E-state index in [2.05, 4.69) is 0 Å². The molecular weight excluding hydrogens is 347 g/mol. The van der Waals surface area contributed by atoms with E-state index in [0.717, 1.165) is 12.3 Å². The van der Waals surface area contributed by atoms with Crippen molar-refractivity contribution in [1.82, 2.24) is 0 Å². The Bertz CT molecular complexity index is 768. The van der Waals surface area contributed by atoms with E-state index in [1.165, 1.54) is 6.07 Å². The molecule has 1 heterocycles. The van der Waals surface area contributed by atoms with Gasteiger partial charge in [0, 0.05) is 36.2 Å². The Morgan fingerprint density at radius 3 is 2.50 bits per heavy atom. The van der Waals surface area contributed by atoms with Crippen LogP contribution in [-0.4, -0.2) is 50.0 Å². The summed E-state index contributed by atoms with van der Waals surface area (Å²) in [6.07, 6.45) is -4.03. The van der Waals surface area contributed by atoms with Gasteiger partial charge in [-0.1, -0.05) is 0 Å². The highest BCUT2D eigenvalue weighted by Gasteiger charge is 2.58. The molecular formula is C15H18F3NO4S. The van der Waals surface area contributed by atoms with Gasteiger partial charge in [0.25, 0.3) is 0 Å². The van der Waals surface area contributed by atoms with Gasteiger partial charge in [-0.05, 0) is 25.0 Å². The summed E-state index contributed by atoms with van der Waals surface area (Å²) in [4.78, 5) is 1.06. The smallest absolute Gasteiger partial charge is 0.312 e. The molecule has 0 bridgehead atoms. The Labute approximate surface area is 137 Å². The zero-order chi connectivity index (χ0) is 17.9. The number of hydrogen-bond donors (Lipinski definition) is 2. The standard InChI is InChI=1S/C15H18F3NO4S/c1-24(22,23)10-5-4-9(19-6-2-3-8(20)7-19)11-12(10)14(21)15(17,18)13(11)16/h4-5,8,13-14,20-21H,2-3,6-7H2,1H3/t8-,13+,14-/m0/s1. The highest BCUT2D eigenvalue weighted by atomic mass is 32.2.